The summed E-state index contributed by atoms with van der Waals surface area (Å²) in [6.45, 7) is 0. The molecule has 0 saturated carbocycles. The smallest absolute Gasteiger partial charge is 0.208 e. The molecule has 3 nitrogen and oxygen atoms in total. The van der Waals surface area contributed by atoms with Crippen molar-refractivity contribution in [1.29, 1.82) is 0 Å². The number of nitrogens with zero attached hydrogens (tertiary/aromatic N) is 3. The van der Waals surface area contributed by atoms with Crippen molar-refractivity contribution in [2.75, 3.05) is 0 Å². The fourth-order valence-electron chi connectivity index (χ4n) is 5.17. The summed E-state index contributed by atoms with van der Waals surface area (Å²) in [5.41, 5.74) is 6.53. The van der Waals surface area contributed by atoms with Crippen molar-refractivity contribution in [3.05, 3.63) is 139 Å². The van der Waals surface area contributed by atoms with Gasteiger partial charge >= 0.3 is 0 Å². The van der Waals surface area contributed by atoms with Gasteiger partial charge < -0.3 is 0 Å². The minimum atomic E-state index is 0.172. The summed E-state index contributed by atoms with van der Waals surface area (Å²) in [6.07, 6.45) is 0. The number of aromatic nitrogens is 3. The molecule has 0 spiro atoms. The molecular formula is C35H22ClN3. The first-order valence-corrected chi connectivity index (χ1v) is 13.2. The Balaban J connectivity index is 1.32. The van der Waals surface area contributed by atoms with E-state index in [9.17, 15) is 0 Å². The van der Waals surface area contributed by atoms with Crippen molar-refractivity contribution in [3.8, 4) is 45.0 Å². The Hall–Kier alpha value is -4.86. The first kappa shape index (κ1) is 23.3. The third-order valence-electron chi connectivity index (χ3n) is 7.06. The predicted octanol–water partition coefficient (Wildman–Crippen LogP) is 9.50. The number of rotatable bonds is 4. The van der Waals surface area contributed by atoms with Crippen molar-refractivity contribution in [2.24, 2.45) is 0 Å². The van der Waals surface area contributed by atoms with Crippen molar-refractivity contribution in [2.45, 2.75) is 0 Å². The van der Waals surface area contributed by atoms with E-state index in [4.69, 9.17) is 16.6 Å². The number of hydrogen-bond acceptors (Lipinski definition) is 3. The molecule has 7 aromatic rings. The van der Waals surface area contributed by atoms with Crippen LogP contribution >= 0.6 is 11.6 Å². The van der Waals surface area contributed by atoms with Crippen LogP contribution in [-0.2, 0) is 0 Å². The zero-order valence-corrected chi connectivity index (χ0v) is 21.7. The predicted molar refractivity (Wildman–Crippen MR) is 162 cm³/mol. The SMILES string of the molecule is Clc1nc(-c2ccc3cc(-c4ccccc4)ccc3c2)nc(-c2cccc3c(-c4ccccc4)cccc23)n1. The summed E-state index contributed by atoms with van der Waals surface area (Å²) in [4.78, 5) is 13.9. The van der Waals surface area contributed by atoms with Crippen molar-refractivity contribution in [1.82, 2.24) is 15.0 Å². The van der Waals surface area contributed by atoms with Crippen molar-refractivity contribution < 1.29 is 0 Å². The number of halogens is 1. The Morgan fingerprint density at radius 3 is 1.67 bits per heavy atom. The molecule has 4 heteroatoms. The van der Waals surface area contributed by atoms with E-state index in [1.54, 1.807) is 0 Å². The van der Waals surface area contributed by atoms with Gasteiger partial charge in [0.05, 0.1) is 0 Å². The van der Waals surface area contributed by atoms with Crippen molar-refractivity contribution in [3.63, 3.8) is 0 Å². The largest absolute Gasteiger partial charge is 0.226 e. The molecule has 0 aliphatic carbocycles. The maximum Gasteiger partial charge on any atom is 0.226 e. The van der Waals surface area contributed by atoms with Crippen LogP contribution in [0.25, 0.3) is 66.6 Å². The molecule has 0 N–H and O–H groups in total. The van der Waals surface area contributed by atoms with Crippen LogP contribution in [0.5, 0.6) is 0 Å². The highest BCUT2D eigenvalue weighted by Crippen LogP contribution is 2.35. The van der Waals surface area contributed by atoms with Gasteiger partial charge in [0, 0.05) is 11.1 Å². The average Bonchev–Trinajstić information content (AvgIpc) is 3.00. The van der Waals surface area contributed by atoms with Crippen LogP contribution in [0.4, 0.5) is 0 Å². The molecule has 0 bridgehead atoms. The molecule has 0 amide bonds. The molecular weight excluding hydrogens is 498 g/mol. The molecule has 7 rings (SSSR count). The van der Waals surface area contributed by atoms with E-state index in [0.717, 1.165) is 32.7 Å². The first-order chi connectivity index (χ1) is 19.2. The molecule has 184 valence electrons. The minimum Gasteiger partial charge on any atom is -0.208 e. The van der Waals surface area contributed by atoms with Crippen LogP contribution in [0.1, 0.15) is 0 Å². The minimum absolute atomic E-state index is 0.172. The Labute approximate surface area is 231 Å². The maximum absolute atomic E-state index is 6.47. The first-order valence-electron chi connectivity index (χ1n) is 12.8. The topological polar surface area (TPSA) is 38.7 Å². The van der Waals surface area contributed by atoms with E-state index in [1.165, 1.54) is 22.3 Å². The number of fused-ring (bicyclic) bond motifs is 2. The van der Waals surface area contributed by atoms with Gasteiger partial charge in [-0.05, 0) is 67.5 Å². The van der Waals surface area contributed by atoms with Gasteiger partial charge in [-0.25, -0.2) is 4.98 Å². The van der Waals surface area contributed by atoms with Crippen LogP contribution in [-0.4, -0.2) is 15.0 Å². The second-order valence-electron chi connectivity index (χ2n) is 9.47. The van der Waals surface area contributed by atoms with E-state index < -0.39 is 0 Å². The number of hydrogen-bond donors (Lipinski definition) is 0. The van der Waals surface area contributed by atoms with Crippen LogP contribution in [0, 0.1) is 0 Å². The summed E-state index contributed by atoms with van der Waals surface area (Å²) in [7, 11) is 0. The lowest BCUT2D eigenvalue weighted by molar-refractivity contribution is 1.07. The lowest BCUT2D eigenvalue weighted by Crippen LogP contribution is -1.98. The molecule has 0 saturated heterocycles. The Morgan fingerprint density at radius 2 is 0.949 bits per heavy atom. The van der Waals surface area contributed by atoms with Crippen LogP contribution in [0.3, 0.4) is 0 Å². The third-order valence-corrected chi connectivity index (χ3v) is 7.23. The van der Waals surface area contributed by atoms with E-state index in [2.05, 4.69) is 113 Å². The van der Waals surface area contributed by atoms with E-state index >= 15 is 0 Å². The highest BCUT2D eigenvalue weighted by atomic mass is 35.5. The molecule has 0 atom stereocenters. The van der Waals surface area contributed by atoms with Crippen LogP contribution in [0.15, 0.2) is 133 Å². The van der Waals surface area contributed by atoms with Crippen LogP contribution in [0.2, 0.25) is 5.28 Å². The fraction of sp³-hybridized carbons (Fsp3) is 0. The molecule has 1 heterocycles. The molecule has 1 aromatic heterocycles. The van der Waals surface area contributed by atoms with Crippen LogP contribution < -0.4 is 0 Å². The third kappa shape index (κ3) is 4.43. The Morgan fingerprint density at radius 1 is 0.385 bits per heavy atom. The zero-order chi connectivity index (χ0) is 26.2. The quantitative estimate of drug-likeness (QED) is 0.232. The Kier molecular flexibility index (Phi) is 5.84. The molecule has 0 aliphatic rings. The fourth-order valence-corrected chi connectivity index (χ4v) is 5.33. The standard InChI is InChI=1S/C35H22ClN3/c36-35-38-33(28-20-19-26-21-25(17-18-27(26)22-28)23-9-3-1-4-10-23)37-34(39-35)32-16-8-14-30-29(13-7-15-31(30)32)24-11-5-2-6-12-24/h1-22H. The van der Waals surface area contributed by atoms with Gasteiger partial charge in [-0.15, -0.1) is 0 Å². The summed E-state index contributed by atoms with van der Waals surface area (Å²) in [5.74, 6) is 1.11. The molecule has 0 unspecified atom stereocenters. The summed E-state index contributed by atoms with van der Waals surface area (Å²) < 4.78 is 0. The average molecular weight is 520 g/mol. The summed E-state index contributed by atoms with van der Waals surface area (Å²) in [5, 5.41) is 4.65. The second kappa shape index (κ2) is 9.79. The zero-order valence-electron chi connectivity index (χ0n) is 20.9. The molecule has 39 heavy (non-hydrogen) atoms. The molecule has 0 aliphatic heterocycles. The lowest BCUT2D eigenvalue weighted by atomic mass is 9.95. The summed E-state index contributed by atoms with van der Waals surface area (Å²) >= 11 is 6.47. The number of benzene rings is 6. The van der Waals surface area contributed by atoms with Gasteiger partial charge in [0.25, 0.3) is 0 Å². The van der Waals surface area contributed by atoms with E-state index in [-0.39, 0.29) is 5.28 Å². The highest BCUT2D eigenvalue weighted by molar-refractivity contribution is 6.28. The molecule has 6 aromatic carbocycles. The maximum atomic E-state index is 6.47. The van der Waals surface area contributed by atoms with Gasteiger partial charge in [-0.1, -0.05) is 121 Å². The van der Waals surface area contributed by atoms with Gasteiger partial charge in [0.2, 0.25) is 5.28 Å². The monoisotopic (exact) mass is 519 g/mol. The van der Waals surface area contributed by atoms with Gasteiger partial charge in [0.1, 0.15) is 0 Å². The van der Waals surface area contributed by atoms with Gasteiger partial charge in [-0.2, -0.15) is 9.97 Å². The second-order valence-corrected chi connectivity index (χ2v) is 9.80. The van der Waals surface area contributed by atoms with Gasteiger partial charge in [0.15, 0.2) is 11.6 Å². The van der Waals surface area contributed by atoms with Gasteiger partial charge in [-0.3, -0.25) is 0 Å². The molecule has 0 fully saturated rings. The van der Waals surface area contributed by atoms with Crippen molar-refractivity contribution >= 4 is 33.1 Å². The lowest BCUT2D eigenvalue weighted by Gasteiger charge is -2.11. The van der Waals surface area contributed by atoms with E-state index in [1.807, 2.05) is 30.3 Å². The Bertz CT molecular complexity index is 1970. The summed E-state index contributed by atoms with van der Waals surface area (Å²) in [6, 6.07) is 46.1. The molecule has 0 radical (unpaired) electrons. The normalized spacial score (nSPS) is 11.2. The van der Waals surface area contributed by atoms with E-state index in [0.29, 0.717) is 11.6 Å². The highest BCUT2D eigenvalue weighted by Gasteiger charge is 2.14.